The standard InChI is InChI=1S/C23H19N3O5/c1-13-7-9-20-18(11-13)25-23(31-20)16-5-4-6-17(14(16)2)24-22(27)15-8-10-21(30-3)19(12-15)26(28)29/h4-12H,1-3H3,(H,24,27). The Morgan fingerprint density at radius 2 is 1.94 bits per heavy atom. The van der Waals surface area contributed by atoms with Gasteiger partial charge in [-0.15, -0.1) is 0 Å². The second-order valence-electron chi connectivity index (χ2n) is 7.07. The topological polar surface area (TPSA) is 108 Å². The van der Waals surface area contributed by atoms with Crippen molar-refractivity contribution in [2.45, 2.75) is 13.8 Å². The molecule has 0 radical (unpaired) electrons. The number of carbonyl (C=O) groups excluding carboxylic acids is 1. The Labute approximate surface area is 177 Å². The summed E-state index contributed by atoms with van der Waals surface area (Å²) in [5.74, 6) is 0.0689. The van der Waals surface area contributed by atoms with Crippen LogP contribution in [0.1, 0.15) is 21.5 Å². The van der Waals surface area contributed by atoms with Crippen LogP contribution < -0.4 is 10.1 Å². The lowest BCUT2D eigenvalue weighted by Gasteiger charge is -2.11. The lowest BCUT2D eigenvalue weighted by molar-refractivity contribution is -0.385. The van der Waals surface area contributed by atoms with Gasteiger partial charge in [0.2, 0.25) is 5.89 Å². The van der Waals surface area contributed by atoms with Gasteiger partial charge in [0.1, 0.15) is 5.52 Å². The van der Waals surface area contributed by atoms with E-state index in [1.165, 1.54) is 25.3 Å². The fourth-order valence-electron chi connectivity index (χ4n) is 3.32. The molecule has 156 valence electrons. The lowest BCUT2D eigenvalue weighted by Crippen LogP contribution is -2.13. The largest absolute Gasteiger partial charge is 0.490 e. The molecule has 0 atom stereocenters. The first kappa shape index (κ1) is 20.1. The van der Waals surface area contributed by atoms with Gasteiger partial charge in [-0.05, 0) is 61.4 Å². The zero-order valence-corrected chi connectivity index (χ0v) is 17.1. The van der Waals surface area contributed by atoms with Gasteiger partial charge in [0.25, 0.3) is 5.91 Å². The van der Waals surface area contributed by atoms with Gasteiger partial charge in [-0.1, -0.05) is 12.1 Å². The fraction of sp³-hybridized carbons (Fsp3) is 0.130. The van der Waals surface area contributed by atoms with E-state index >= 15 is 0 Å². The van der Waals surface area contributed by atoms with Gasteiger partial charge < -0.3 is 14.5 Å². The average Bonchev–Trinajstić information content (AvgIpc) is 3.17. The lowest BCUT2D eigenvalue weighted by atomic mass is 10.1. The second kappa shape index (κ2) is 7.91. The molecule has 4 aromatic rings. The van der Waals surface area contributed by atoms with Crippen molar-refractivity contribution in [3.8, 4) is 17.2 Å². The van der Waals surface area contributed by atoms with Crippen molar-refractivity contribution >= 4 is 28.4 Å². The van der Waals surface area contributed by atoms with Crippen LogP contribution in [0.2, 0.25) is 0 Å². The Hall–Kier alpha value is -4.20. The second-order valence-corrected chi connectivity index (χ2v) is 7.07. The van der Waals surface area contributed by atoms with Gasteiger partial charge in [0, 0.05) is 22.9 Å². The molecule has 0 aliphatic rings. The number of aryl methyl sites for hydroxylation is 1. The van der Waals surface area contributed by atoms with E-state index in [2.05, 4.69) is 10.3 Å². The summed E-state index contributed by atoms with van der Waals surface area (Å²) in [5, 5.41) is 14.1. The van der Waals surface area contributed by atoms with Gasteiger partial charge in [-0.3, -0.25) is 14.9 Å². The summed E-state index contributed by atoms with van der Waals surface area (Å²) < 4.78 is 10.9. The van der Waals surface area contributed by atoms with E-state index in [1.54, 1.807) is 12.1 Å². The van der Waals surface area contributed by atoms with Crippen LogP contribution >= 0.6 is 0 Å². The predicted octanol–water partition coefficient (Wildman–Crippen LogP) is 5.28. The molecule has 0 fully saturated rings. The van der Waals surface area contributed by atoms with Crippen molar-refractivity contribution in [3.63, 3.8) is 0 Å². The Kier molecular flexibility index (Phi) is 5.12. The first-order valence-corrected chi connectivity index (χ1v) is 9.48. The highest BCUT2D eigenvalue weighted by Crippen LogP contribution is 2.32. The third kappa shape index (κ3) is 3.83. The van der Waals surface area contributed by atoms with Gasteiger partial charge in [0.05, 0.1) is 12.0 Å². The number of aromatic nitrogens is 1. The molecule has 0 aliphatic carbocycles. The third-order valence-electron chi connectivity index (χ3n) is 4.99. The number of fused-ring (bicyclic) bond motifs is 1. The van der Waals surface area contributed by atoms with Gasteiger partial charge in [-0.25, -0.2) is 4.98 Å². The fourth-order valence-corrected chi connectivity index (χ4v) is 3.32. The van der Waals surface area contributed by atoms with E-state index in [0.717, 1.165) is 22.2 Å². The maximum absolute atomic E-state index is 12.8. The molecule has 31 heavy (non-hydrogen) atoms. The number of nitro benzene ring substituents is 1. The molecule has 4 rings (SSSR count). The van der Waals surface area contributed by atoms with Crippen LogP contribution in [0.3, 0.4) is 0 Å². The number of rotatable bonds is 5. The summed E-state index contributed by atoms with van der Waals surface area (Å²) in [6.45, 7) is 3.83. The minimum Gasteiger partial charge on any atom is -0.490 e. The molecule has 3 aromatic carbocycles. The number of ether oxygens (including phenoxy) is 1. The molecule has 0 aliphatic heterocycles. The number of methoxy groups -OCH3 is 1. The number of nitrogens with zero attached hydrogens (tertiary/aromatic N) is 2. The van der Waals surface area contributed by atoms with Crippen molar-refractivity contribution in [2.24, 2.45) is 0 Å². The molecule has 1 heterocycles. The van der Waals surface area contributed by atoms with Crippen molar-refractivity contribution < 1.29 is 18.9 Å². The van der Waals surface area contributed by atoms with E-state index < -0.39 is 10.8 Å². The highest BCUT2D eigenvalue weighted by atomic mass is 16.6. The number of anilines is 1. The number of hydrogen-bond acceptors (Lipinski definition) is 6. The minimum absolute atomic E-state index is 0.0888. The highest BCUT2D eigenvalue weighted by molar-refractivity contribution is 6.05. The smallest absolute Gasteiger partial charge is 0.311 e. The van der Waals surface area contributed by atoms with Crippen LogP contribution in [-0.4, -0.2) is 22.9 Å². The highest BCUT2D eigenvalue weighted by Gasteiger charge is 2.19. The summed E-state index contributed by atoms with van der Waals surface area (Å²) >= 11 is 0. The Bertz CT molecular complexity index is 1330. The van der Waals surface area contributed by atoms with Crippen LogP contribution in [0.15, 0.2) is 59.0 Å². The Morgan fingerprint density at radius 3 is 2.68 bits per heavy atom. The molecular formula is C23H19N3O5. The van der Waals surface area contributed by atoms with Crippen molar-refractivity contribution in [3.05, 3.63) is 81.4 Å². The zero-order chi connectivity index (χ0) is 22.1. The molecule has 0 bridgehead atoms. The van der Waals surface area contributed by atoms with Gasteiger partial charge >= 0.3 is 5.69 Å². The number of carbonyl (C=O) groups is 1. The number of hydrogen-bond donors (Lipinski definition) is 1. The van der Waals surface area contributed by atoms with Crippen LogP contribution in [0.5, 0.6) is 5.75 Å². The molecule has 1 amide bonds. The van der Waals surface area contributed by atoms with E-state index in [4.69, 9.17) is 9.15 Å². The van der Waals surface area contributed by atoms with Crippen LogP contribution in [0, 0.1) is 24.0 Å². The molecule has 8 nitrogen and oxygen atoms in total. The third-order valence-corrected chi connectivity index (χ3v) is 4.99. The average molecular weight is 417 g/mol. The van der Waals surface area contributed by atoms with E-state index in [9.17, 15) is 14.9 Å². The summed E-state index contributed by atoms with van der Waals surface area (Å²) in [5.41, 5.74) is 4.46. The quantitative estimate of drug-likeness (QED) is 0.350. The molecule has 8 heteroatoms. The summed E-state index contributed by atoms with van der Waals surface area (Å²) in [6, 6.07) is 15.2. The maximum atomic E-state index is 12.8. The number of oxazole rings is 1. The van der Waals surface area contributed by atoms with Crippen molar-refractivity contribution in [1.82, 2.24) is 4.98 Å². The molecule has 0 saturated carbocycles. The predicted molar refractivity (Wildman–Crippen MR) is 117 cm³/mol. The number of benzene rings is 3. The summed E-state index contributed by atoms with van der Waals surface area (Å²) in [4.78, 5) is 28.0. The molecular weight excluding hydrogens is 398 g/mol. The van der Waals surface area contributed by atoms with E-state index in [1.807, 2.05) is 38.1 Å². The van der Waals surface area contributed by atoms with Crippen LogP contribution in [0.4, 0.5) is 11.4 Å². The molecule has 0 unspecified atom stereocenters. The molecule has 0 saturated heterocycles. The number of nitro groups is 1. The molecule has 1 aromatic heterocycles. The van der Waals surface area contributed by atoms with Crippen LogP contribution in [-0.2, 0) is 0 Å². The van der Waals surface area contributed by atoms with Gasteiger partial charge in [-0.2, -0.15) is 0 Å². The maximum Gasteiger partial charge on any atom is 0.311 e. The van der Waals surface area contributed by atoms with E-state index in [-0.39, 0.29) is 17.0 Å². The van der Waals surface area contributed by atoms with Gasteiger partial charge in [0.15, 0.2) is 11.3 Å². The zero-order valence-electron chi connectivity index (χ0n) is 17.1. The monoisotopic (exact) mass is 417 g/mol. The Balaban J connectivity index is 1.66. The van der Waals surface area contributed by atoms with Crippen LogP contribution in [0.25, 0.3) is 22.6 Å². The number of amides is 1. The van der Waals surface area contributed by atoms with E-state index in [0.29, 0.717) is 17.2 Å². The molecule has 0 spiro atoms. The first-order chi connectivity index (χ1) is 14.9. The van der Waals surface area contributed by atoms with Crippen molar-refractivity contribution in [1.29, 1.82) is 0 Å². The summed E-state index contributed by atoms with van der Waals surface area (Å²) in [6.07, 6.45) is 0. The summed E-state index contributed by atoms with van der Waals surface area (Å²) in [7, 11) is 1.34. The molecule has 1 N–H and O–H groups in total. The van der Waals surface area contributed by atoms with Crippen molar-refractivity contribution in [2.75, 3.05) is 12.4 Å². The Morgan fingerprint density at radius 1 is 1.13 bits per heavy atom. The SMILES string of the molecule is COc1ccc(C(=O)Nc2cccc(-c3nc4cc(C)ccc4o3)c2C)cc1[N+](=O)[O-]. The number of nitrogens with one attached hydrogen (secondary N) is 1. The normalized spacial score (nSPS) is 10.8. The first-order valence-electron chi connectivity index (χ1n) is 9.48. The minimum atomic E-state index is -0.587.